The molecule has 0 radical (unpaired) electrons. The number of hydrogen-bond donors (Lipinski definition) is 2. The van der Waals surface area contributed by atoms with E-state index in [-0.39, 0.29) is 36.3 Å². The van der Waals surface area contributed by atoms with Crippen LogP contribution in [0.25, 0.3) is 0 Å². The highest BCUT2D eigenvalue weighted by atomic mass is 19.1. The molecule has 32 heavy (non-hydrogen) atoms. The Morgan fingerprint density at radius 1 is 1.06 bits per heavy atom. The first kappa shape index (κ1) is 21.4. The molecule has 0 aromatic heterocycles. The van der Waals surface area contributed by atoms with Gasteiger partial charge in [-0.05, 0) is 86.8 Å². The third-order valence-electron chi connectivity index (χ3n) is 8.07. The number of imide groups is 1. The summed E-state index contributed by atoms with van der Waals surface area (Å²) >= 11 is 0. The number of halogens is 1. The second-order valence-electron chi connectivity index (χ2n) is 10.3. The van der Waals surface area contributed by atoms with E-state index in [9.17, 15) is 18.8 Å². The third kappa shape index (κ3) is 3.68. The monoisotopic (exact) mass is 443 g/mol. The van der Waals surface area contributed by atoms with Gasteiger partial charge in [-0.3, -0.25) is 19.7 Å². The lowest BCUT2D eigenvalue weighted by atomic mass is 9.52. The molecule has 8 heteroatoms. The van der Waals surface area contributed by atoms with Crippen molar-refractivity contribution in [1.82, 2.24) is 15.3 Å². The van der Waals surface area contributed by atoms with Crippen LogP contribution in [-0.2, 0) is 16.1 Å². The Hall–Kier alpha value is -2.48. The van der Waals surface area contributed by atoms with E-state index in [4.69, 9.17) is 5.21 Å². The van der Waals surface area contributed by atoms with Gasteiger partial charge in [-0.1, -0.05) is 12.1 Å². The predicted octanol–water partition coefficient (Wildman–Crippen LogP) is 3.60. The highest BCUT2D eigenvalue weighted by Gasteiger charge is 2.60. The van der Waals surface area contributed by atoms with E-state index in [2.05, 4.69) is 0 Å². The molecular weight excluding hydrogens is 413 g/mol. The fourth-order valence-electron chi connectivity index (χ4n) is 7.17. The van der Waals surface area contributed by atoms with Gasteiger partial charge in [0.25, 0.3) is 5.91 Å². The standard InChI is InChI=1S/C24H30FN3O4/c25-19-6-4-15(5-7-19)14-27-20(2-1-3-21(29)26-32)22(30)28(23(27)31)24-11-16-8-17(12-24)10-18(9-16)13-24/h4-7,16-18,20,32H,1-3,8-14H2,(H,26,29). The van der Waals surface area contributed by atoms with E-state index >= 15 is 0 Å². The fraction of sp³-hybridized carbons (Fsp3) is 0.625. The minimum absolute atomic E-state index is 0.0796. The number of amides is 4. The first-order chi connectivity index (χ1) is 15.4. The molecule has 1 aromatic rings. The summed E-state index contributed by atoms with van der Waals surface area (Å²) in [4.78, 5) is 42.0. The second-order valence-corrected chi connectivity index (χ2v) is 10.3. The molecule has 1 atom stereocenters. The van der Waals surface area contributed by atoms with Crippen molar-refractivity contribution in [3.63, 3.8) is 0 Å². The average molecular weight is 444 g/mol. The lowest BCUT2D eigenvalue weighted by molar-refractivity contribution is -0.141. The Kier molecular flexibility index (Phi) is 5.43. The SMILES string of the molecule is O=C(CCCC1C(=O)N(C23CC4CC(CC(C4)C2)C3)C(=O)N1Cc1ccc(F)cc1)NO. The molecule has 5 fully saturated rings. The molecule has 4 saturated carbocycles. The van der Waals surface area contributed by atoms with Gasteiger partial charge >= 0.3 is 6.03 Å². The lowest BCUT2D eigenvalue weighted by Gasteiger charge is -2.58. The molecule has 1 saturated heterocycles. The van der Waals surface area contributed by atoms with Crippen LogP contribution < -0.4 is 5.48 Å². The Labute approximate surface area is 186 Å². The van der Waals surface area contributed by atoms with E-state index in [1.165, 1.54) is 31.4 Å². The number of urea groups is 1. The van der Waals surface area contributed by atoms with Crippen LogP contribution >= 0.6 is 0 Å². The van der Waals surface area contributed by atoms with E-state index in [0.29, 0.717) is 30.6 Å². The van der Waals surface area contributed by atoms with E-state index in [1.54, 1.807) is 27.4 Å². The van der Waals surface area contributed by atoms with Crippen LogP contribution in [-0.4, -0.2) is 44.4 Å². The van der Waals surface area contributed by atoms with Crippen molar-refractivity contribution in [3.8, 4) is 0 Å². The summed E-state index contributed by atoms with van der Waals surface area (Å²) in [5.41, 5.74) is 2.00. The smallest absolute Gasteiger partial charge is 0.308 e. The molecule has 6 rings (SSSR count). The first-order valence-corrected chi connectivity index (χ1v) is 11.7. The summed E-state index contributed by atoms with van der Waals surface area (Å²) in [6, 6.07) is 5.09. The van der Waals surface area contributed by atoms with Crippen molar-refractivity contribution in [3.05, 3.63) is 35.6 Å². The van der Waals surface area contributed by atoms with Crippen LogP contribution in [0.1, 0.15) is 63.4 Å². The Bertz CT molecular complexity index is 883. The summed E-state index contributed by atoms with van der Waals surface area (Å²) in [6.45, 7) is 0.227. The van der Waals surface area contributed by atoms with Gasteiger partial charge < -0.3 is 4.90 Å². The molecule has 4 amide bonds. The van der Waals surface area contributed by atoms with E-state index in [1.807, 2.05) is 0 Å². The molecule has 4 bridgehead atoms. The molecule has 1 aromatic carbocycles. The van der Waals surface area contributed by atoms with Crippen molar-refractivity contribution in [1.29, 1.82) is 0 Å². The predicted molar refractivity (Wildman–Crippen MR) is 113 cm³/mol. The summed E-state index contributed by atoms with van der Waals surface area (Å²) < 4.78 is 13.4. The van der Waals surface area contributed by atoms with Crippen LogP contribution in [0.2, 0.25) is 0 Å². The number of nitrogens with zero attached hydrogens (tertiary/aromatic N) is 2. The number of benzene rings is 1. The average Bonchev–Trinajstić information content (AvgIpc) is 2.98. The van der Waals surface area contributed by atoms with Gasteiger partial charge in [0.05, 0.1) is 5.54 Å². The first-order valence-electron chi connectivity index (χ1n) is 11.7. The molecule has 1 unspecified atom stereocenters. The van der Waals surface area contributed by atoms with Crippen LogP contribution in [0.15, 0.2) is 24.3 Å². The van der Waals surface area contributed by atoms with Gasteiger partial charge in [0.1, 0.15) is 11.9 Å². The van der Waals surface area contributed by atoms with Crippen molar-refractivity contribution in [2.45, 2.75) is 75.9 Å². The summed E-state index contributed by atoms with van der Waals surface area (Å²) in [5, 5.41) is 8.76. The largest absolute Gasteiger partial charge is 0.328 e. The van der Waals surface area contributed by atoms with Gasteiger partial charge in [0, 0.05) is 13.0 Å². The van der Waals surface area contributed by atoms with Gasteiger partial charge in [-0.25, -0.2) is 14.7 Å². The zero-order valence-corrected chi connectivity index (χ0v) is 18.1. The molecule has 1 heterocycles. The summed E-state index contributed by atoms with van der Waals surface area (Å²) in [5.74, 6) is 0.770. The third-order valence-corrected chi connectivity index (χ3v) is 8.07. The van der Waals surface area contributed by atoms with Gasteiger partial charge in [0.2, 0.25) is 5.91 Å². The van der Waals surface area contributed by atoms with Crippen molar-refractivity contribution in [2.24, 2.45) is 17.8 Å². The Balaban J connectivity index is 1.41. The van der Waals surface area contributed by atoms with E-state index in [0.717, 1.165) is 24.8 Å². The van der Waals surface area contributed by atoms with Crippen LogP contribution in [0.4, 0.5) is 9.18 Å². The Morgan fingerprint density at radius 2 is 1.66 bits per heavy atom. The summed E-state index contributed by atoms with van der Waals surface area (Å²) in [6.07, 6.45) is 7.17. The number of nitrogens with one attached hydrogen (secondary N) is 1. The quantitative estimate of drug-likeness (QED) is 0.383. The van der Waals surface area contributed by atoms with Crippen molar-refractivity contribution < 1.29 is 24.0 Å². The van der Waals surface area contributed by atoms with Gasteiger partial charge in [-0.2, -0.15) is 0 Å². The Morgan fingerprint density at radius 3 is 2.22 bits per heavy atom. The molecular formula is C24H30FN3O4. The maximum absolute atomic E-state index is 13.7. The number of hydrogen-bond acceptors (Lipinski definition) is 4. The van der Waals surface area contributed by atoms with E-state index < -0.39 is 11.9 Å². The topological polar surface area (TPSA) is 90.0 Å². The van der Waals surface area contributed by atoms with Crippen molar-refractivity contribution >= 4 is 17.8 Å². The molecule has 7 nitrogen and oxygen atoms in total. The summed E-state index contributed by atoms with van der Waals surface area (Å²) in [7, 11) is 0. The molecule has 5 aliphatic rings. The fourth-order valence-corrected chi connectivity index (χ4v) is 7.17. The number of hydroxylamine groups is 1. The minimum atomic E-state index is -0.646. The van der Waals surface area contributed by atoms with Gasteiger partial charge in [-0.15, -0.1) is 0 Å². The zero-order valence-electron chi connectivity index (χ0n) is 18.1. The van der Waals surface area contributed by atoms with Crippen LogP contribution in [0.5, 0.6) is 0 Å². The highest BCUT2D eigenvalue weighted by molar-refractivity contribution is 6.05. The molecule has 4 aliphatic carbocycles. The molecule has 172 valence electrons. The molecule has 2 N–H and O–H groups in total. The van der Waals surface area contributed by atoms with Gasteiger partial charge in [0.15, 0.2) is 0 Å². The highest BCUT2D eigenvalue weighted by Crippen LogP contribution is 2.58. The van der Waals surface area contributed by atoms with Crippen molar-refractivity contribution in [2.75, 3.05) is 0 Å². The minimum Gasteiger partial charge on any atom is -0.308 e. The number of carbonyl (C=O) groups is 3. The molecule has 1 aliphatic heterocycles. The zero-order chi connectivity index (χ0) is 22.5. The normalized spacial score (nSPS) is 33.3. The maximum atomic E-state index is 13.7. The second kappa shape index (κ2) is 8.14. The lowest BCUT2D eigenvalue weighted by Crippen LogP contribution is -2.62. The van der Waals surface area contributed by atoms with Crippen LogP contribution in [0.3, 0.4) is 0 Å². The number of carbonyl (C=O) groups excluding carboxylic acids is 3. The van der Waals surface area contributed by atoms with Crippen LogP contribution in [0, 0.1) is 23.6 Å². The molecule has 0 spiro atoms. The number of rotatable bonds is 7. The maximum Gasteiger partial charge on any atom is 0.328 e.